The predicted molar refractivity (Wildman–Crippen MR) is 86.3 cm³/mol. The van der Waals surface area contributed by atoms with Crippen molar-refractivity contribution in [2.45, 2.75) is 57.7 Å². The van der Waals surface area contributed by atoms with E-state index in [4.69, 9.17) is 0 Å². The average Bonchev–Trinajstić information content (AvgIpc) is 2.74. The fraction of sp³-hybridized carbons (Fsp3) is 0.786. The Morgan fingerprint density at radius 3 is 2.40 bits per heavy atom. The van der Waals surface area contributed by atoms with E-state index in [2.05, 4.69) is 36.5 Å². The Bertz CT molecular complexity index is 530. The molecule has 1 aromatic heterocycles. The summed E-state index contributed by atoms with van der Waals surface area (Å²) < 4.78 is 23.5. The Morgan fingerprint density at radius 2 is 2.00 bits per heavy atom. The summed E-state index contributed by atoms with van der Waals surface area (Å²) in [6.45, 7) is 10.9. The monoisotopic (exact) mass is 318 g/mol. The van der Waals surface area contributed by atoms with Gasteiger partial charge in [0.2, 0.25) is 0 Å². The summed E-state index contributed by atoms with van der Waals surface area (Å²) >= 11 is 1.61. The number of nitrogens with one attached hydrogen (secondary N) is 1. The Kier molecular flexibility index (Phi) is 5.75. The van der Waals surface area contributed by atoms with Gasteiger partial charge in [0.15, 0.2) is 9.84 Å². The molecule has 0 fully saturated rings. The van der Waals surface area contributed by atoms with Crippen molar-refractivity contribution < 1.29 is 8.42 Å². The first-order chi connectivity index (χ1) is 9.05. The molecular weight excluding hydrogens is 292 g/mol. The van der Waals surface area contributed by atoms with Gasteiger partial charge in [0.05, 0.1) is 16.0 Å². The van der Waals surface area contributed by atoms with Gasteiger partial charge in [0, 0.05) is 29.5 Å². The molecule has 0 spiro atoms. The van der Waals surface area contributed by atoms with Crippen molar-refractivity contribution in [2.24, 2.45) is 0 Å². The van der Waals surface area contributed by atoms with E-state index in [1.165, 1.54) is 6.26 Å². The van der Waals surface area contributed by atoms with Crippen molar-refractivity contribution in [2.75, 3.05) is 12.8 Å². The number of hydrogen-bond acceptors (Lipinski definition) is 5. The largest absolute Gasteiger partial charge is 0.313 e. The van der Waals surface area contributed by atoms with E-state index in [0.717, 1.165) is 17.2 Å². The fourth-order valence-electron chi connectivity index (χ4n) is 1.90. The van der Waals surface area contributed by atoms with Crippen LogP contribution in [0.25, 0.3) is 0 Å². The minimum atomic E-state index is -3.05. The minimum absolute atomic E-state index is 0.0326. The quantitative estimate of drug-likeness (QED) is 0.875. The molecule has 2 unspecified atom stereocenters. The second-order valence-corrected chi connectivity index (χ2v) is 9.62. The number of hydrogen-bond donors (Lipinski definition) is 1. The standard InChI is InChI=1S/C14H26N2O2S2/c1-7-15-11(10(2)20(6,17)18)8-13-16-12(9-19-13)14(3,4)5/h9-11,15H,7-8H2,1-6H3. The summed E-state index contributed by atoms with van der Waals surface area (Å²) in [4.78, 5) is 4.65. The van der Waals surface area contributed by atoms with Gasteiger partial charge in [-0.3, -0.25) is 0 Å². The van der Waals surface area contributed by atoms with Gasteiger partial charge >= 0.3 is 0 Å². The van der Waals surface area contributed by atoms with E-state index in [0.29, 0.717) is 6.42 Å². The van der Waals surface area contributed by atoms with E-state index >= 15 is 0 Å². The molecule has 0 saturated carbocycles. The van der Waals surface area contributed by atoms with Crippen LogP contribution in [0.15, 0.2) is 5.38 Å². The lowest BCUT2D eigenvalue weighted by molar-refractivity contribution is 0.491. The van der Waals surface area contributed by atoms with Crippen molar-refractivity contribution in [3.63, 3.8) is 0 Å². The molecular formula is C14H26N2O2S2. The zero-order valence-corrected chi connectivity index (χ0v) is 14.9. The first-order valence-electron chi connectivity index (χ1n) is 6.92. The van der Waals surface area contributed by atoms with Crippen LogP contribution in [-0.4, -0.2) is 37.5 Å². The highest BCUT2D eigenvalue weighted by atomic mass is 32.2. The van der Waals surface area contributed by atoms with Gasteiger partial charge in [-0.1, -0.05) is 27.7 Å². The van der Waals surface area contributed by atoms with E-state index in [-0.39, 0.29) is 11.5 Å². The highest BCUT2D eigenvalue weighted by molar-refractivity contribution is 7.91. The Balaban J connectivity index is 2.89. The summed E-state index contributed by atoms with van der Waals surface area (Å²) in [6.07, 6.45) is 1.95. The number of nitrogens with zero attached hydrogens (tertiary/aromatic N) is 1. The maximum Gasteiger partial charge on any atom is 0.151 e. The molecule has 1 rings (SSSR count). The number of rotatable bonds is 6. The molecule has 4 nitrogen and oxygen atoms in total. The zero-order valence-electron chi connectivity index (χ0n) is 13.2. The molecule has 2 atom stereocenters. The summed E-state index contributed by atoms with van der Waals surface area (Å²) in [6, 6.07) is -0.0889. The van der Waals surface area contributed by atoms with E-state index < -0.39 is 15.1 Å². The van der Waals surface area contributed by atoms with Crippen molar-refractivity contribution in [1.82, 2.24) is 10.3 Å². The molecule has 0 amide bonds. The number of aromatic nitrogens is 1. The van der Waals surface area contributed by atoms with Gasteiger partial charge in [-0.05, 0) is 13.5 Å². The van der Waals surface area contributed by atoms with Crippen LogP contribution in [-0.2, 0) is 21.7 Å². The second kappa shape index (κ2) is 6.54. The van der Waals surface area contributed by atoms with Gasteiger partial charge in [-0.15, -0.1) is 11.3 Å². The Morgan fingerprint density at radius 1 is 1.40 bits per heavy atom. The summed E-state index contributed by atoms with van der Waals surface area (Å²) in [5.41, 5.74) is 1.10. The second-order valence-electron chi connectivity index (χ2n) is 6.28. The van der Waals surface area contributed by atoms with Gasteiger partial charge < -0.3 is 5.32 Å². The molecule has 1 aromatic rings. The van der Waals surface area contributed by atoms with Crippen molar-refractivity contribution in [3.05, 3.63) is 16.1 Å². The Hall–Kier alpha value is -0.460. The third-order valence-corrected chi connectivity index (χ3v) is 5.97. The number of thiazole rings is 1. The Labute approximate surface area is 126 Å². The lowest BCUT2D eigenvalue weighted by atomic mass is 9.93. The maximum atomic E-state index is 11.7. The zero-order chi connectivity index (χ0) is 15.6. The van der Waals surface area contributed by atoms with Gasteiger partial charge in [0.1, 0.15) is 0 Å². The smallest absolute Gasteiger partial charge is 0.151 e. The van der Waals surface area contributed by atoms with Gasteiger partial charge in [-0.2, -0.15) is 0 Å². The minimum Gasteiger partial charge on any atom is -0.313 e. The van der Waals surface area contributed by atoms with Crippen LogP contribution >= 0.6 is 11.3 Å². The van der Waals surface area contributed by atoms with E-state index in [9.17, 15) is 8.42 Å². The maximum absolute atomic E-state index is 11.7. The normalized spacial score (nSPS) is 16.1. The molecule has 0 aliphatic heterocycles. The SMILES string of the molecule is CCNC(Cc1nc(C(C)(C)C)cs1)C(C)S(C)(=O)=O. The van der Waals surface area contributed by atoms with Crippen LogP contribution in [0.3, 0.4) is 0 Å². The molecule has 0 radical (unpaired) electrons. The molecule has 0 aliphatic rings. The summed E-state index contributed by atoms with van der Waals surface area (Å²) in [5, 5.41) is 5.93. The van der Waals surface area contributed by atoms with Crippen LogP contribution in [0, 0.1) is 0 Å². The molecule has 116 valence electrons. The van der Waals surface area contributed by atoms with Crippen LogP contribution in [0.1, 0.15) is 45.3 Å². The molecule has 1 N–H and O–H groups in total. The van der Waals surface area contributed by atoms with E-state index in [1.807, 2.05) is 6.92 Å². The summed E-state index contributed by atoms with van der Waals surface area (Å²) in [5.74, 6) is 0. The van der Waals surface area contributed by atoms with E-state index in [1.54, 1.807) is 18.3 Å². The number of likely N-dealkylation sites (N-methyl/N-ethyl adjacent to an activating group) is 1. The highest BCUT2D eigenvalue weighted by Gasteiger charge is 2.27. The molecule has 0 saturated heterocycles. The van der Waals surface area contributed by atoms with Crippen LogP contribution < -0.4 is 5.32 Å². The first-order valence-corrected chi connectivity index (χ1v) is 9.76. The highest BCUT2D eigenvalue weighted by Crippen LogP contribution is 2.25. The number of sulfone groups is 1. The van der Waals surface area contributed by atoms with Crippen LogP contribution in [0.2, 0.25) is 0 Å². The van der Waals surface area contributed by atoms with Crippen LogP contribution in [0.5, 0.6) is 0 Å². The molecule has 6 heteroatoms. The molecule has 1 heterocycles. The summed E-state index contributed by atoms with van der Waals surface area (Å²) in [7, 11) is -3.05. The third-order valence-electron chi connectivity index (χ3n) is 3.42. The lowest BCUT2D eigenvalue weighted by Crippen LogP contribution is -2.43. The molecule has 0 aliphatic carbocycles. The van der Waals surface area contributed by atoms with Crippen molar-refractivity contribution >= 4 is 21.2 Å². The molecule has 20 heavy (non-hydrogen) atoms. The first kappa shape index (κ1) is 17.6. The van der Waals surface area contributed by atoms with Crippen molar-refractivity contribution in [1.29, 1.82) is 0 Å². The topological polar surface area (TPSA) is 59.1 Å². The van der Waals surface area contributed by atoms with Gasteiger partial charge in [0.25, 0.3) is 0 Å². The van der Waals surface area contributed by atoms with Crippen molar-refractivity contribution in [3.8, 4) is 0 Å². The van der Waals surface area contributed by atoms with Crippen LogP contribution in [0.4, 0.5) is 0 Å². The predicted octanol–water partition coefficient (Wildman–Crippen LogP) is 2.39. The average molecular weight is 319 g/mol. The fourth-order valence-corrected chi connectivity index (χ4v) is 3.77. The molecule has 0 aromatic carbocycles. The third kappa shape index (κ3) is 4.82. The molecule has 0 bridgehead atoms. The van der Waals surface area contributed by atoms with Gasteiger partial charge in [-0.25, -0.2) is 13.4 Å². The lowest BCUT2D eigenvalue weighted by Gasteiger charge is -2.22.